The lowest BCUT2D eigenvalue weighted by atomic mass is 10.1. The van der Waals surface area contributed by atoms with E-state index in [1.807, 2.05) is 18.2 Å². The molecule has 0 atom stereocenters. The van der Waals surface area contributed by atoms with Crippen molar-refractivity contribution in [2.45, 2.75) is 12.8 Å². The molecule has 2 N–H and O–H groups in total. The van der Waals surface area contributed by atoms with Crippen molar-refractivity contribution < 1.29 is 9.18 Å². The van der Waals surface area contributed by atoms with E-state index in [1.54, 1.807) is 24.3 Å². The molecule has 1 amide bonds. The van der Waals surface area contributed by atoms with Crippen molar-refractivity contribution >= 4 is 17.5 Å². The Balaban J connectivity index is 1.46. The van der Waals surface area contributed by atoms with Crippen molar-refractivity contribution in [1.82, 2.24) is 10.2 Å². The molecule has 0 aliphatic rings. The molecule has 0 saturated carbocycles. The van der Waals surface area contributed by atoms with Gasteiger partial charge in [0.25, 0.3) is 0 Å². The van der Waals surface area contributed by atoms with Gasteiger partial charge in [-0.2, -0.15) is 0 Å². The molecule has 0 aliphatic heterocycles. The predicted octanol–water partition coefficient (Wildman–Crippen LogP) is 3.45. The summed E-state index contributed by atoms with van der Waals surface area (Å²) in [5, 5.41) is 13.9. The zero-order valence-corrected chi connectivity index (χ0v) is 14.2. The molecule has 1 aromatic heterocycles. The summed E-state index contributed by atoms with van der Waals surface area (Å²) in [6.45, 7) is 0.745. The molecule has 3 aromatic rings. The first-order chi connectivity index (χ1) is 12.7. The summed E-state index contributed by atoms with van der Waals surface area (Å²) in [6, 6.07) is 19.5. The number of benzene rings is 2. The highest BCUT2D eigenvalue weighted by molar-refractivity contribution is 5.91. The lowest BCUT2D eigenvalue weighted by Gasteiger charge is -2.07. The summed E-state index contributed by atoms with van der Waals surface area (Å²) in [5.41, 5.74) is 1.98. The lowest BCUT2D eigenvalue weighted by Crippen LogP contribution is -2.16. The number of aromatic nitrogens is 2. The highest BCUT2D eigenvalue weighted by atomic mass is 19.1. The van der Waals surface area contributed by atoms with Crippen LogP contribution in [0.5, 0.6) is 0 Å². The first-order valence-corrected chi connectivity index (χ1v) is 8.35. The highest BCUT2D eigenvalue weighted by Crippen LogP contribution is 2.09. The van der Waals surface area contributed by atoms with E-state index in [9.17, 15) is 9.18 Å². The number of amides is 1. The van der Waals surface area contributed by atoms with E-state index in [4.69, 9.17) is 0 Å². The third kappa shape index (κ3) is 5.37. The van der Waals surface area contributed by atoms with Crippen LogP contribution >= 0.6 is 0 Å². The first kappa shape index (κ1) is 17.5. The third-order valence-corrected chi connectivity index (χ3v) is 3.77. The fraction of sp³-hybridized carbons (Fsp3) is 0.150. The van der Waals surface area contributed by atoms with Gasteiger partial charge in [0.1, 0.15) is 11.6 Å². The van der Waals surface area contributed by atoms with Crippen LogP contribution < -0.4 is 10.6 Å². The van der Waals surface area contributed by atoms with Crippen LogP contribution in [0.15, 0.2) is 66.7 Å². The number of nitrogens with one attached hydrogen (secondary N) is 2. The minimum atomic E-state index is -0.324. The molecule has 26 heavy (non-hydrogen) atoms. The second-order valence-corrected chi connectivity index (χ2v) is 5.82. The van der Waals surface area contributed by atoms with Gasteiger partial charge in [0.05, 0.1) is 6.42 Å². The van der Waals surface area contributed by atoms with Gasteiger partial charge in [0, 0.05) is 6.54 Å². The van der Waals surface area contributed by atoms with Gasteiger partial charge < -0.3 is 10.6 Å². The second kappa shape index (κ2) is 8.71. The molecule has 5 nitrogen and oxygen atoms in total. The maximum atomic E-state index is 12.9. The molecule has 1 heterocycles. The zero-order chi connectivity index (χ0) is 18.2. The number of rotatable bonds is 7. The van der Waals surface area contributed by atoms with Gasteiger partial charge >= 0.3 is 0 Å². The molecule has 2 aromatic carbocycles. The molecule has 0 saturated heterocycles. The predicted molar refractivity (Wildman–Crippen MR) is 99.4 cm³/mol. The minimum Gasteiger partial charge on any atom is -0.368 e. The van der Waals surface area contributed by atoms with Gasteiger partial charge in [0.2, 0.25) is 5.91 Å². The van der Waals surface area contributed by atoms with Crippen molar-refractivity contribution in [3.8, 4) is 0 Å². The maximum absolute atomic E-state index is 12.9. The van der Waals surface area contributed by atoms with E-state index in [2.05, 4.69) is 33.0 Å². The molecule has 0 aliphatic carbocycles. The van der Waals surface area contributed by atoms with E-state index in [1.165, 1.54) is 17.7 Å². The molecular formula is C20H19FN4O. The Kier molecular flexibility index (Phi) is 5.88. The summed E-state index contributed by atoms with van der Waals surface area (Å²) in [4.78, 5) is 12.0. The summed E-state index contributed by atoms with van der Waals surface area (Å²) in [5.74, 6) is 0.481. The smallest absolute Gasteiger partial charge is 0.229 e. The summed E-state index contributed by atoms with van der Waals surface area (Å²) < 4.78 is 12.9. The molecule has 132 valence electrons. The number of hydrogen-bond donors (Lipinski definition) is 2. The fourth-order valence-electron chi connectivity index (χ4n) is 2.45. The standard InChI is InChI=1S/C20H19FN4O/c21-17-8-6-16(7-9-17)14-20(26)23-19-11-10-18(24-25-19)22-13-12-15-4-2-1-3-5-15/h1-11H,12-14H2,(H,22,24)(H,23,25,26). The van der Waals surface area contributed by atoms with Crippen molar-refractivity contribution in [2.24, 2.45) is 0 Å². The second-order valence-electron chi connectivity index (χ2n) is 5.82. The number of hydrogen-bond acceptors (Lipinski definition) is 4. The molecule has 3 rings (SSSR count). The number of carbonyl (C=O) groups excluding carboxylic acids is 1. The normalized spacial score (nSPS) is 10.3. The maximum Gasteiger partial charge on any atom is 0.229 e. The van der Waals surface area contributed by atoms with Crippen LogP contribution in [0.4, 0.5) is 16.0 Å². The number of anilines is 2. The molecular weight excluding hydrogens is 331 g/mol. The average molecular weight is 350 g/mol. The quantitative estimate of drug-likeness (QED) is 0.685. The summed E-state index contributed by atoms with van der Waals surface area (Å²) in [6.07, 6.45) is 1.04. The molecule has 0 spiro atoms. The Labute approximate surface area is 151 Å². The number of halogens is 1. The Morgan fingerprint density at radius 2 is 1.54 bits per heavy atom. The van der Waals surface area contributed by atoms with Crippen molar-refractivity contribution in [3.05, 3.63) is 83.7 Å². The van der Waals surface area contributed by atoms with Crippen LogP contribution in [0.2, 0.25) is 0 Å². The summed E-state index contributed by atoms with van der Waals surface area (Å²) in [7, 11) is 0. The topological polar surface area (TPSA) is 66.9 Å². The van der Waals surface area contributed by atoms with Crippen LogP contribution in [-0.4, -0.2) is 22.6 Å². The third-order valence-electron chi connectivity index (χ3n) is 3.77. The van der Waals surface area contributed by atoms with Crippen LogP contribution in [0.1, 0.15) is 11.1 Å². The van der Waals surface area contributed by atoms with Crippen LogP contribution in [0.25, 0.3) is 0 Å². The van der Waals surface area contributed by atoms with Gasteiger partial charge in [-0.1, -0.05) is 42.5 Å². The van der Waals surface area contributed by atoms with E-state index in [-0.39, 0.29) is 18.1 Å². The van der Waals surface area contributed by atoms with Crippen molar-refractivity contribution in [1.29, 1.82) is 0 Å². The minimum absolute atomic E-state index is 0.152. The Hall–Kier alpha value is -3.28. The molecule has 0 radical (unpaired) electrons. The SMILES string of the molecule is O=C(Cc1ccc(F)cc1)Nc1ccc(NCCc2ccccc2)nn1. The Morgan fingerprint density at radius 1 is 0.846 bits per heavy atom. The van der Waals surface area contributed by atoms with Gasteiger partial charge in [-0.05, 0) is 41.8 Å². The molecule has 0 unspecified atom stereocenters. The largest absolute Gasteiger partial charge is 0.368 e. The number of carbonyl (C=O) groups is 1. The van der Waals surface area contributed by atoms with Gasteiger partial charge in [-0.15, -0.1) is 10.2 Å². The van der Waals surface area contributed by atoms with Crippen LogP contribution in [-0.2, 0) is 17.6 Å². The Bertz CT molecular complexity index is 836. The fourth-order valence-corrected chi connectivity index (χ4v) is 2.45. The van der Waals surface area contributed by atoms with Crippen molar-refractivity contribution in [3.63, 3.8) is 0 Å². The van der Waals surface area contributed by atoms with Gasteiger partial charge in [-0.25, -0.2) is 4.39 Å². The highest BCUT2D eigenvalue weighted by Gasteiger charge is 2.06. The summed E-state index contributed by atoms with van der Waals surface area (Å²) >= 11 is 0. The zero-order valence-electron chi connectivity index (χ0n) is 14.2. The van der Waals surface area contributed by atoms with E-state index in [0.717, 1.165) is 18.5 Å². The van der Waals surface area contributed by atoms with Crippen molar-refractivity contribution in [2.75, 3.05) is 17.2 Å². The Morgan fingerprint density at radius 3 is 2.23 bits per heavy atom. The molecule has 6 heteroatoms. The lowest BCUT2D eigenvalue weighted by molar-refractivity contribution is -0.115. The number of nitrogens with zero attached hydrogens (tertiary/aromatic N) is 2. The van der Waals surface area contributed by atoms with Crippen LogP contribution in [0, 0.1) is 5.82 Å². The van der Waals surface area contributed by atoms with Crippen LogP contribution in [0.3, 0.4) is 0 Å². The van der Waals surface area contributed by atoms with Gasteiger partial charge in [-0.3, -0.25) is 4.79 Å². The molecule has 0 fully saturated rings. The monoisotopic (exact) mass is 350 g/mol. The van der Waals surface area contributed by atoms with E-state index < -0.39 is 0 Å². The average Bonchev–Trinajstić information content (AvgIpc) is 2.66. The van der Waals surface area contributed by atoms with Gasteiger partial charge in [0.15, 0.2) is 5.82 Å². The van der Waals surface area contributed by atoms with E-state index >= 15 is 0 Å². The van der Waals surface area contributed by atoms with E-state index in [0.29, 0.717) is 11.6 Å². The first-order valence-electron chi connectivity index (χ1n) is 8.35. The molecule has 0 bridgehead atoms.